The Hall–Kier alpha value is -2.37. The summed E-state index contributed by atoms with van der Waals surface area (Å²) in [5, 5.41) is 0. The van der Waals surface area contributed by atoms with Crippen molar-refractivity contribution in [3.8, 4) is 0 Å². The molecule has 4 saturated carbocycles. The predicted molar refractivity (Wildman–Crippen MR) is 111 cm³/mol. The van der Waals surface area contributed by atoms with E-state index in [1.54, 1.807) is 4.90 Å². The highest BCUT2D eigenvalue weighted by atomic mass is 16.2. The van der Waals surface area contributed by atoms with Crippen LogP contribution in [0, 0.1) is 29.1 Å². The molecule has 30 heavy (non-hydrogen) atoms. The third kappa shape index (κ3) is 3.96. The van der Waals surface area contributed by atoms with Gasteiger partial charge in [-0.3, -0.25) is 25.2 Å². The van der Waals surface area contributed by atoms with Crippen LogP contribution in [0.1, 0.15) is 56.9 Å². The van der Waals surface area contributed by atoms with E-state index in [-0.39, 0.29) is 29.6 Å². The smallest absolute Gasteiger partial charge is 0.243 e. The Morgan fingerprint density at radius 1 is 0.967 bits per heavy atom. The van der Waals surface area contributed by atoms with E-state index >= 15 is 0 Å². The highest BCUT2D eigenvalue weighted by Gasteiger charge is 2.51. The Morgan fingerprint density at radius 2 is 1.60 bits per heavy atom. The van der Waals surface area contributed by atoms with Gasteiger partial charge in [-0.05, 0) is 67.3 Å². The fourth-order valence-corrected chi connectivity index (χ4v) is 7.03. The number of nitrogens with zero attached hydrogens (tertiary/aromatic N) is 1. The zero-order valence-corrected chi connectivity index (χ0v) is 17.4. The lowest BCUT2D eigenvalue weighted by Gasteiger charge is -2.56. The molecule has 160 valence electrons. The third-order valence-corrected chi connectivity index (χ3v) is 7.83. The minimum absolute atomic E-state index is 0.0149. The van der Waals surface area contributed by atoms with Crippen molar-refractivity contribution in [2.24, 2.45) is 29.1 Å². The quantitative estimate of drug-likeness (QED) is 0.734. The van der Waals surface area contributed by atoms with Gasteiger partial charge in [0.2, 0.25) is 17.7 Å². The van der Waals surface area contributed by atoms with Crippen molar-refractivity contribution in [2.45, 2.75) is 57.9 Å². The number of amides is 3. The lowest BCUT2D eigenvalue weighted by molar-refractivity contribution is -0.135. The molecule has 4 bridgehead atoms. The summed E-state index contributed by atoms with van der Waals surface area (Å²) < 4.78 is 0. The number of nitrogens with one attached hydrogen (secondary N) is 2. The summed E-state index contributed by atoms with van der Waals surface area (Å²) >= 11 is 0. The second kappa shape index (κ2) is 7.71. The van der Waals surface area contributed by atoms with E-state index in [0.717, 1.165) is 23.3 Å². The number of hydrazine groups is 1. The molecule has 5 fully saturated rings. The monoisotopic (exact) mass is 409 g/mol. The van der Waals surface area contributed by atoms with Gasteiger partial charge in [0.25, 0.3) is 0 Å². The van der Waals surface area contributed by atoms with Crippen LogP contribution in [0.5, 0.6) is 0 Å². The van der Waals surface area contributed by atoms with Gasteiger partial charge >= 0.3 is 0 Å². The first-order valence-electron chi connectivity index (χ1n) is 11.4. The molecule has 4 aliphatic carbocycles. The number of hydrogen-bond donors (Lipinski definition) is 2. The topological polar surface area (TPSA) is 78.5 Å². The molecule has 5 aliphatic rings. The molecular weight excluding hydrogens is 378 g/mol. The van der Waals surface area contributed by atoms with Gasteiger partial charge in [0, 0.05) is 25.9 Å². The Morgan fingerprint density at radius 3 is 2.23 bits per heavy atom. The molecule has 0 radical (unpaired) electrons. The second-order valence-electron chi connectivity index (χ2n) is 10.3. The van der Waals surface area contributed by atoms with Crippen LogP contribution >= 0.6 is 0 Å². The summed E-state index contributed by atoms with van der Waals surface area (Å²) in [4.78, 5) is 39.2. The van der Waals surface area contributed by atoms with Crippen molar-refractivity contribution in [1.82, 2.24) is 15.8 Å². The highest BCUT2D eigenvalue weighted by molar-refractivity contribution is 5.90. The zero-order chi connectivity index (χ0) is 20.7. The Bertz CT molecular complexity index is 802. The minimum atomic E-state index is -0.416. The lowest BCUT2D eigenvalue weighted by atomic mass is 9.49. The van der Waals surface area contributed by atoms with E-state index in [9.17, 15) is 14.4 Å². The van der Waals surface area contributed by atoms with E-state index in [1.807, 2.05) is 30.3 Å². The first-order valence-corrected chi connectivity index (χ1v) is 11.4. The van der Waals surface area contributed by atoms with Crippen LogP contribution in [0.15, 0.2) is 30.3 Å². The summed E-state index contributed by atoms with van der Waals surface area (Å²) in [6.07, 6.45) is 8.29. The zero-order valence-electron chi connectivity index (χ0n) is 17.4. The van der Waals surface area contributed by atoms with Gasteiger partial charge in [0.15, 0.2) is 0 Å². The summed E-state index contributed by atoms with van der Waals surface area (Å²) in [6, 6.07) is 9.78. The molecule has 0 unspecified atom stereocenters. The predicted octanol–water partition coefficient (Wildman–Crippen LogP) is 2.79. The van der Waals surface area contributed by atoms with Crippen LogP contribution in [-0.2, 0) is 20.9 Å². The number of benzene rings is 1. The van der Waals surface area contributed by atoms with Gasteiger partial charge in [-0.1, -0.05) is 30.3 Å². The minimum Gasteiger partial charge on any atom is -0.338 e. The van der Waals surface area contributed by atoms with Crippen molar-refractivity contribution in [3.63, 3.8) is 0 Å². The lowest BCUT2D eigenvalue weighted by Crippen LogP contribution is -2.50. The summed E-state index contributed by atoms with van der Waals surface area (Å²) in [7, 11) is 0. The van der Waals surface area contributed by atoms with Gasteiger partial charge in [-0.25, -0.2) is 0 Å². The molecule has 1 aromatic carbocycles. The molecule has 0 spiro atoms. The highest BCUT2D eigenvalue weighted by Crippen LogP contribution is 2.61. The first-order chi connectivity index (χ1) is 14.5. The normalized spacial score (nSPS) is 34.3. The number of hydrogen-bond acceptors (Lipinski definition) is 3. The summed E-state index contributed by atoms with van der Waals surface area (Å²) in [5.74, 6) is 1.63. The van der Waals surface area contributed by atoms with Crippen LogP contribution in [0.25, 0.3) is 0 Å². The van der Waals surface area contributed by atoms with Crippen LogP contribution in [-0.4, -0.2) is 29.2 Å². The van der Waals surface area contributed by atoms with Gasteiger partial charge in [-0.2, -0.15) is 0 Å². The van der Waals surface area contributed by atoms with Gasteiger partial charge < -0.3 is 4.90 Å². The standard InChI is InChI=1S/C24H31N3O3/c28-21(13-24-10-17-6-18(11-24)8-19(7-17)12-24)25-26-23(30)20-9-22(29)27(15-20)14-16-4-2-1-3-5-16/h1-5,17-20H,6-15H2,(H,25,28)(H,26,30)/t17?,18?,19?,20-,24?/m0/s1. The Labute approximate surface area is 177 Å². The Kier molecular flexibility index (Phi) is 5.03. The number of carbonyl (C=O) groups excluding carboxylic acids is 3. The molecule has 1 aliphatic heterocycles. The average Bonchev–Trinajstić information content (AvgIpc) is 3.06. The third-order valence-electron chi connectivity index (χ3n) is 7.83. The van der Waals surface area contributed by atoms with Crippen molar-refractivity contribution >= 4 is 17.7 Å². The van der Waals surface area contributed by atoms with Crippen molar-refractivity contribution in [2.75, 3.05) is 6.54 Å². The van der Waals surface area contributed by atoms with E-state index in [4.69, 9.17) is 0 Å². The summed E-state index contributed by atoms with van der Waals surface area (Å²) in [6.45, 7) is 0.909. The van der Waals surface area contributed by atoms with Crippen LogP contribution < -0.4 is 10.9 Å². The maximum absolute atomic E-state index is 12.6. The molecule has 1 aromatic rings. The van der Waals surface area contributed by atoms with Crippen LogP contribution in [0.4, 0.5) is 0 Å². The number of likely N-dealkylation sites (tertiary alicyclic amines) is 1. The van der Waals surface area contributed by atoms with Gasteiger partial charge in [0.05, 0.1) is 5.92 Å². The summed E-state index contributed by atoms with van der Waals surface area (Å²) in [5.41, 5.74) is 6.44. The number of rotatable bonds is 5. The van der Waals surface area contributed by atoms with Gasteiger partial charge in [0.1, 0.15) is 0 Å². The molecule has 1 saturated heterocycles. The fraction of sp³-hybridized carbons (Fsp3) is 0.625. The molecule has 1 atom stereocenters. The van der Waals surface area contributed by atoms with E-state index in [2.05, 4.69) is 10.9 Å². The maximum atomic E-state index is 12.6. The SMILES string of the molecule is O=C(CC12CC3CC(CC(C3)C1)C2)NNC(=O)[C@H]1CC(=O)N(Cc2ccccc2)C1. The van der Waals surface area contributed by atoms with Gasteiger partial charge in [-0.15, -0.1) is 0 Å². The first kappa shape index (κ1) is 19.6. The molecule has 6 nitrogen and oxygen atoms in total. The maximum Gasteiger partial charge on any atom is 0.243 e. The molecule has 6 rings (SSSR count). The average molecular weight is 410 g/mol. The molecule has 3 amide bonds. The van der Waals surface area contributed by atoms with E-state index in [0.29, 0.717) is 19.5 Å². The van der Waals surface area contributed by atoms with Crippen LogP contribution in [0.2, 0.25) is 0 Å². The van der Waals surface area contributed by atoms with Crippen LogP contribution in [0.3, 0.4) is 0 Å². The second-order valence-corrected chi connectivity index (χ2v) is 10.3. The van der Waals surface area contributed by atoms with E-state index in [1.165, 1.54) is 38.5 Å². The fourth-order valence-electron chi connectivity index (χ4n) is 7.03. The van der Waals surface area contributed by atoms with Crippen molar-refractivity contribution in [3.05, 3.63) is 35.9 Å². The molecule has 2 N–H and O–H groups in total. The molecular formula is C24H31N3O3. The molecule has 0 aromatic heterocycles. The molecule has 1 heterocycles. The van der Waals surface area contributed by atoms with Crippen molar-refractivity contribution < 1.29 is 14.4 Å². The number of carbonyl (C=O) groups is 3. The largest absolute Gasteiger partial charge is 0.338 e. The van der Waals surface area contributed by atoms with E-state index < -0.39 is 5.92 Å². The Balaban J connectivity index is 1.10. The molecule has 6 heteroatoms. The van der Waals surface area contributed by atoms with Crippen molar-refractivity contribution in [1.29, 1.82) is 0 Å².